The van der Waals surface area contributed by atoms with E-state index in [-0.39, 0.29) is 18.1 Å². The quantitative estimate of drug-likeness (QED) is 0.855. The van der Waals surface area contributed by atoms with Crippen LogP contribution in [0.25, 0.3) is 10.8 Å². The molecule has 6 heteroatoms. The summed E-state index contributed by atoms with van der Waals surface area (Å²) in [7, 11) is 0. The van der Waals surface area contributed by atoms with Gasteiger partial charge in [-0.15, -0.1) is 0 Å². The van der Waals surface area contributed by atoms with Crippen molar-refractivity contribution < 1.29 is 9.50 Å². The van der Waals surface area contributed by atoms with Crippen molar-refractivity contribution >= 4 is 26.7 Å². The lowest BCUT2D eigenvalue weighted by Gasteiger charge is -2.35. The van der Waals surface area contributed by atoms with Crippen LogP contribution in [0.3, 0.4) is 0 Å². The van der Waals surface area contributed by atoms with Crippen molar-refractivity contribution in [2.24, 2.45) is 5.73 Å². The van der Waals surface area contributed by atoms with E-state index in [2.05, 4.69) is 15.9 Å². The van der Waals surface area contributed by atoms with Crippen molar-refractivity contribution in [3.05, 3.63) is 45.0 Å². The summed E-state index contributed by atoms with van der Waals surface area (Å²) in [6.45, 7) is 0.188. The molecule has 0 unspecified atom stereocenters. The van der Waals surface area contributed by atoms with Crippen LogP contribution in [0, 0.1) is 5.82 Å². The Balaban J connectivity index is 2.00. The highest BCUT2D eigenvalue weighted by Gasteiger charge is 2.33. The van der Waals surface area contributed by atoms with Crippen LogP contribution in [0.2, 0.25) is 0 Å². The summed E-state index contributed by atoms with van der Waals surface area (Å²) in [5, 5.41) is 11.6. The normalized spacial score (nSPS) is 25.5. The first-order chi connectivity index (χ1) is 10.4. The topological polar surface area (TPSA) is 68.2 Å². The molecule has 2 atom stereocenters. The fourth-order valence-corrected chi connectivity index (χ4v) is 3.61. The van der Waals surface area contributed by atoms with Crippen LogP contribution in [0.15, 0.2) is 33.7 Å². The first-order valence-electron chi connectivity index (χ1n) is 7.34. The third-order valence-electron chi connectivity index (χ3n) is 4.34. The maximum Gasteiger partial charge on any atom is 0.258 e. The first kappa shape index (κ1) is 15.6. The molecule has 118 valence electrons. The highest BCUT2D eigenvalue weighted by Crippen LogP contribution is 2.29. The average molecular weight is 369 g/mol. The molecule has 3 rings (SSSR count). The van der Waals surface area contributed by atoms with Crippen molar-refractivity contribution in [3.63, 3.8) is 0 Å². The number of benzene rings is 1. The smallest absolute Gasteiger partial charge is 0.258 e. The van der Waals surface area contributed by atoms with Gasteiger partial charge in [0.1, 0.15) is 5.82 Å². The molecule has 0 spiro atoms. The average Bonchev–Trinajstić information content (AvgIpc) is 2.44. The minimum Gasteiger partial charge on any atom is -0.388 e. The second-order valence-electron chi connectivity index (χ2n) is 6.18. The van der Waals surface area contributed by atoms with Crippen LogP contribution < -0.4 is 11.3 Å². The molecule has 1 fully saturated rings. The molecule has 0 saturated heterocycles. The van der Waals surface area contributed by atoms with E-state index in [1.165, 1.54) is 10.6 Å². The molecule has 1 aliphatic carbocycles. The number of fused-ring (bicyclic) bond motifs is 1. The van der Waals surface area contributed by atoms with Crippen molar-refractivity contribution in [2.75, 3.05) is 0 Å². The second kappa shape index (κ2) is 5.76. The maximum atomic E-state index is 13.7. The van der Waals surface area contributed by atoms with Crippen LogP contribution >= 0.6 is 15.9 Å². The molecule has 1 heterocycles. The van der Waals surface area contributed by atoms with Gasteiger partial charge in [0.25, 0.3) is 5.56 Å². The summed E-state index contributed by atoms with van der Waals surface area (Å²) in [5.74, 6) is -0.472. The largest absolute Gasteiger partial charge is 0.388 e. The Kier molecular flexibility index (Phi) is 4.09. The number of nitrogens with zero attached hydrogens (tertiary/aromatic N) is 1. The van der Waals surface area contributed by atoms with E-state index in [1.54, 1.807) is 18.3 Å². The van der Waals surface area contributed by atoms with Gasteiger partial charge in [-0.25, -0.2) is 4.39 Å². The summed E-state index contributed by atoms with van der Waals surface area (Å²) in [6.07, 6.45) is 4.49. The van der Waals surface area contributed by atoms with Gasteiger partial charge in [-0.1, -0.05) is 0 Å². The predicted octanol–water partition coefficient (Wildman–Crippen LogP) is 2.54. The van der Waals surface area contributed by atoms with E-state index in [0.29, 0.717) is 28.1 Å². The summed E-state index contributed by atoms with van der Waals surface area (Å²) in [5.41, 5.74) is 4.66. The molecule has 2 aromatic rings. The zero-order valence-electron chi connectivity index (χ0n) is 12.1. The van der Waals surface area contributed by atoms with E-state index in [0.717, 1.165) is 12.8 Å². The predicted molar refractivity (Wildman–Crippen MR) is 87.3 cm³/mol. The van der Waals surface area contributed by atoms with Crippen molar-refractivity contribution in [1.29, 1.82) is 0 Å². The van der Waals surface area contributed by atoms with Crippen LogP contribution in [0.4, 0.5) is 4.39 Å². The summed E-state index contributed by atoms with van der Waals surface area (Å²) >= 11 is 3.12. The lowest BCUT2D eigenvalue weighted by atomic mass is 9.82. The lowest BCUT2D eigenvalue weighted by molar-refractivity contribution is -0.0180. The van der Waals surface area contributed by atoms with Crippen LogP contribution in [-0.4, -0.2) is 21.3 Å². The molecule has 0 radical (unpaired) electrons. The molecule has 1 aromatic heterocycles. The van der Waals surface area contributed by atoms with E-state index in [4.69, 9.17) is 5.73 Å². The van der Waals surface area contributed by atoms with Crippen LogP contribution in [-0.2, 0) is 6.54 Å². The second-order valence-corrected chi connectivity index (χ2v) is 7.04. The molecule has 0 amide bonds. The number of halogens is 2. The highest BCUT2D eigenvalue weighted by molar-refractivity contribution is 9.10. The Labute approximate surface area is 135 Å². The number of pyridine rings is 1. The van der Waals surface area contributed by atoms with E-state index < -0.39 is 11.4 Å². The fraction of sp³-hybridized carbons (Fsp3) is 0.438. The Bertz CT molecular complexity index is 777. The maximum absolute atomic E-state index is 13.7. The molecule has 1 saturated carbocycles. The van der Waals surface area contributed by atoms with Gasteiger partial charge < -0.3 is 15.4 Å². The molecule has 3 N–H and O–H groups in total. The SMILES string of the molecule is N[C@H]1CCC[C@@](O)(Cn2ccc3cc(Br)c(F)cc3c2=O)C1. The van der Waals surface area contributed by atoms with Crippen LogP contribution in [0.1, 0.15) is 25.7 Å². The zero-order chi connectivity index (χ0) is 15.9. The van der Waals surface area contributed by atoms with Crippen molar-refractivity contribution in [3.8, 4) is 0 Å². The summed E-state index contributed by atoms with van der Waals surface area (Å²) in [4.78, 5) is 12.5. The van der Waals surface area contributed by atoms with Gasteiger partial charge in [0.2, 0.25) is 0 Å². The fourth-order valence-electron chi connectivity index (χ4n) is 3.25. The number of nitrogens with two attached hydrogens (primary N) is 1. The standard InChI is InChI=1S/C16H18BrFN2O2/c17-13-6-10-3-5-20(15(21)12(10)7-14(13)18)9-16(22)4-1-2-11(19)8-16/h3,5-7,11,22H,1-2,4,8-9,19H2/t11-,16-/m0/s1. The first-order valence-corrected chi connectivity index (χ1v) is 8.13. The Hall–Kier alpha value is -1.24. The minimum absolute atomic E-state index is 0.0386. The molecule has 0 bridgehead atoms. The van der Waals surface area contributed by atoms with E-state index >= 15 is 0 Å². The zero-order valence-corrected chi connectivity index (χ0v) is 13.6. The van der Waals surface area contributed by atoms with Gasteiger partial charge in [-0.2, -0.15) is 0 Å². The Morgan fingerprint density at radius 2 is 2.27 bits per heavy atom. The number of aliphatic hydroxyl groups is 1. The van der Waals surface area contributed by atoms with Crippen LogP contribution in [0.5, 0.6) is 0 Å². The van der Waals surface area contributed by atoms with E-state index in [1.807, 2.05) is 0 Å². The van der Waals surface area contributed by atoms with Gasteiger partial charge >= 0.3 is 0 Å². The number of hydrogen-bond donors (Lipinski definition) is 2. The monoisotopic (exact) mass is 368 g/mol. The van der Waals surface area contributed by atoms with E-state index in [9.17, 15) is 14.3 Å². The van der Waals surface area contributed by atoms with Gasteiger partial charge in [0.05, 0.1) is 22.0 Å². The van der Waals surface area contributed by atoms with Crippen molar-refractivity contribution in [1.82, 2.24) is 4.57 Å². The highest BCUT2D eigenvalue weighted by atomic mass is 79.9. The number of hydrogen-bond acceptors (Lipinski definition) is 3. The molecule has 1 aromatic carbocycles. The third-order valence-corrected chi connectivity index (χ3v) is 4.95. The van der Waals surface area contributed by atoms with Crippen molar-refractivity contribution in [2.45, 2.75) is 43.9 Å². The van der Waals surface area contributed by atoms with Gasteiger partial charge in [0, 0.05) is 12.2 Å². The molecule has 0 aliphatic heterocycles. The molecule has 1 aliphatic rings. The minimum atomic E-state index is -0.969. The lowest BCUT2D eigenvalue weighted by Crippen LogP contribution is -2.45. The summed E-state index contributed by atoms with van der Waals surface area (Å²) < 4.78 is 15.5. The van der Waals surface area contributed by atoms with Gasteiger partial charge in [-0.05, 0) is 65.2 Å². The summed E-state index contributed by atoms with van der Waals surface area (Å²) in [6, 6.07) is 4.53. The molecular weight excluding hydrogens is 351 g/mol. The molecular formula is C16H18BrFN2O2. The molecule has 22 heavy (non-hydrogen) atoms. The number of rotatable bonds is 2. The van der Waals surface area contributed by atoms with Gasteiger partial charge in [0.15, 0.2) is 0 Å². The van der Waals surface area contributed by atoms with Gasteiger partial charge in [-0.3, -0.25) is 4.79 Å². The Morgan fingerprint density at radius 1 is 1.50 bits per heavy atom. The Morgan fingerprint density at radius 3 is 3.00 bits per heavy atom. The number of aromatic nitrogens is 1. The molecule has 4 nitrogen and oxygen atoms in total. The third kappa shape index (κ3) is 2.95.